The van der Waals surface area contributed by atoms with Crippen molar-refractivity contribution in [2.24, 2.45) is 5.92 Å². The van der Waals surface area contributed by atoms with Gasteiger partial charge in [-0.3, -0.25) is 14.4 Å². The Hall–Kier alpha value is -2.44. The Labute approximate surface area is 152 Å². The van der Waals surface area contributed by atoms with Crippen LogP contribution in [0.3, 0.4) is 0 Å². The Morgan fingerprint density at radius 3 is 2.35 bits per heavy atom. The number of carbonyl (C=O) groups is 3. The van der Waals surface area contributed by atoms with Gasteiger partial charge in [-0.2, -0.15) is 0 Å². The van der Waals surface area contributed by atoms with Crippen LogP contribution in [0.2, 0.25) is 0 Å². The maximum Gasteiger partial charge on any atom is 0.254 e. The monoisotopic (exact) mass is 361 g/mol. The van der Waals surface area contributed by atoms with E-state index in [1.807, 2.05) is 13.8 Å². The highest BCUT2D eigenvalue weighted by Crippen LogP contribution is 2.23. The zero-order chi connectivity index (χ0) is 18.8. The van der Waals surface area contributed by atoms with E-state index >= 15 is 0 Å². The summed E-state index contributed by atoms with van der Waals surface area (Å²) in [5.74, 6) is -0.947. The van der Waals surface area contributed by atoms with Crippen LogP contribution in [-0.4, -0.2) is 71.2 Å². The molecular formula is C19H24FN3O3. The summed E-state index contributed by atoms with van der Waals surface area (Å²) in [6, 6.07) is 5.73. The van der Waals surface area contributed by atoms with Crippen molar-refractivity contribution in [3.8, 4) is 0 Å². The van der Waals surface area contributed by atoms with Gasteiger partial charge in [-0.15, -0.1) is 0 Å². The molecule has 0 aliphatic carbocycles. The van der Waals surface area contributed by atoms with Crippen LogP contribution in [0.4, 0.5) is 4.39 Å². The van der Waals surface area contributed by atoms with Gasteiger partial charge >= 0.3 is 0 Å². The zero-order valence-electron chi connectivity index (χ0n) is 15.2. The Morgan fingerprint density at radius 1 is 1.12 bits per heavy atom. The van der Waals surface area contributed by atoms with Crippen LogP contribution in [0, 0.1) is 11.7 Å². The van der Waals surface area contributed by atoms with E-state index in [9.17, 15) is 18.8 Å². The van der Waals surface area contributed by atoms with Crippen molar-refractivity contribution in [3.05, 3.63) is 35.6 Å². The number of amides is 3. The highest BCUT2D eigenvalue weighted by Gasteiger charge is 2.38. The number of piperazine rings is 1. The van der Waals surface area contributed by atoms with Crippen LogP contribution in [0.25, 0.3) is 0 Å². The van der Waals surface area contributed by atoms with E-state index in [2.05, 4.69) is 0 Å². The minimum Gasteiger partial charge on any atom is -0.339 e. The third kappa shape index (κ3) is 3.71. The van der Waals surface area contributed by atoms with E-state index in [0.717, 1.165) is 0 Å². The quantitative estimate of drug-likeness (QED) is 0.817. The minimum absolute atomic E-state index is 0.0145. The lowest BCUT2D eigenvalue weighted by atomic mass is 10.1. The number of halogens is 1. The summed E-state index contributed by atoms with van der Waals surface area (Å²) in [6.45, 7) is 6.06. The van der Waals surface area contributed by atoms with Crippen LogP contribution in [0.15, 0.2) is 24.3 Å². The Morgan fingerprint density at radius 2 is 1.77 bits per heavy atom. The van der Waals surface area contributed by atoms with E-state index in [1.54, 1.807) is 20.8 Å². The second kappa shape index (κ2) is 7.43. The van der Waals surface area contributed by atoms with Gasteiger partial charge in [-0.1, -0.05) is 6.07 Å². The molecule has 3 amide bonds. The molecule has 1 aromatic carbocycles. The normalized spacial score (nSPS) is 20.8. The van der Waals surface area contributed by atoms with Crippen LogP contribution < -0.4 is 0 Å². The van der Waals surface area contributed by atoms with Gasteiger partial charge in [0.2, 0.25) is 11.8 Å². The second-order valence-electron chi connectivity index (χ2n) is 7.17. The molecule has 2 aliphatic rings. The Bertz CT molecular complexity index is 714. The highest BCUT2D eigenvalue weighted by atomic mass is 19.1. The van der Waals surface area contributed by atoms with E-state index < -0.39 is 5.82 Å². The SMILES string of the molecule is CC(C)N1CC(C(=O)N2CCN(C(=O)c3cccc(F)c3)CC2)CC1=O. The topological polar surface area (TPSA) is 60.9 Å². The number of hydrogen-bond donors (Lipinski definition) is 0. The Kier molecular flexibility index (Phi) is 5.25. The van der Waals surface area contributed by atoms with Gasteiger partial charge in [0.15, 0.2) is 0 Å². The molecule has 2 heterocycles. The van der Waals surface area contributed by atoms with Crippen LogP contribution in [-0.2, 0) is 9.59 Å². The fourth-order valence-corrected chi connectivity index (χ4v) is 3.59. The van der Waals surface area contributed by atoms with Gasteiger partial charge in [0, 0.05) is 50.7 Å². The maximum atomic E-state index is 13.3. The summed E-state index contributed by atoms with van der Waals surface area (Å²) in [5, 5.41) is 0. The molecule has 7 heteroatoms. The number of carbonyl (C=O) groups excluding carboxylic acids is 3. The first kappa shape index (κ1) is 18.4. The van der Waals surface area contributed by atoms with E-state index in [4.69, 9.17) is 0 Å². The number of hydrogen-bond acceptors (Lipinski definition) is 3. The summed E-state index contributed by atoms with van der Waals surface area (Å²) < 4.78 is 13.3. The van der Waals surface area contributed by atoms with Crippen molar-refractivity contribution in [2.75, 3.05) is 32.7 Å². The average molecular weight is 361 g/mol. The number of benzene rings is 1. The van der Waals surface area contributed by atoms with Crippen molar-refractivity contribution in [1.82, 2.24) is 14.7 Å². The molecule has 2 aliphatic heterocycles. The van der Waals surface area contributed by atoms with Crippen molar-refractivity contribution in [1.29, 1.82) is 0 Å². The minimum atomic E-state index is -0.440. The third-order valence-corrected chi connectivity index (χ3v) is 5.08. The molecule has 0 N–H and O–H groups in total. The van der Waals surface area contributed by atoms with Gasteiger partial charge in [-0.05, 0) is 32.0 Å². The van der Waals surface area contributed by atoms with Crippen molar-refractivity contribution in [3.63, 3.8) is 0 Å². The first-order valence-electron chi connectivity index (χ1n) is 9.00. The third-order valence-electron chi connectivity index (χ3n) is 5.08. The molecule has 1 unspecified atom stereocenters. The van der Waals surface area contributed by atoms with Gasteiger partial charge in [0.25, 0.3) is 5.91 Å². The van der Waals surface area contributed by atoms with Gasteiger partial charge in [-0.25, -0.2) is 4.39 Å². The summed E-state index contributed by atoms with van der Waals surface area (Å²) in [7, 11) is 0. The maximum absolute atomic E-state index is 13.3. The smallest absolute Gasteiger partial charge is 0.254 e. The molecule has 0 spiro atoms. The molecule has 140 valence electrons. The van der Waals surface area contributed by atoms with Crippen LogP contribution >= 0.6 is 0 Å². The van der Waals surface area contributed by atoms with Crippen molar-refractivity contribution >= 4 is 17.7 Å². The largest absolute Gasteiger partial charge is 0.339 e. The van der Waals surface area contributed by atoms with Gasteiger partial charge in [0.05, 0.1) is 5.92 Å². The van der Waals surface area contributed by atoms with E-state index in [-0.39, 0.29) is 36.1 Å². The number of nitrogens with zero attached hydrogens (tertiary/aromatic N) is 3. The molecular weight excluding hydrogens is 337 g/mol. The van der Waals surface area contributed by atoms with E-state index in [1.165, 1.54) is 18.2 Å². The standard InChI is InChI=1S/C19H24FN3O3/c1-13(2)23-12-15(11-17(23)24)19(26)22-8-6-21(7-9-22)18(25)14-4-3-5-16(20)10-14/h3-5,10,13,15H,6-9,11-12H2,1-2H3. The summed E-state index contributed by atoms with van der Waals surface area (Å²) in [4.78, 5) is 42.3. The first-order valence-corrected chi connectivity index (χ1v) is 9.00. The van der Waals surface area contributed by atoms with Crippen LogP contribution in [0.1, 0.15) is 30.6 Å². The summed E-state index contributed by atoms with van der Waals surface area (Å²) in [5.41, 5.74) is 0.318. The fraction of sp³-hybridized carbons (Fsp3) is 0.526. The average Bonchev–Trinajstić information content (AvgIpc) is 3.02. The molecule has 0 aromatic heterocycles. The molecule has 6 nitrogen and oxygen atoms in total. The molecule has 2 saturated heterocycles. The van der Waals surface area contributed by atoms with Gasteiger partial charge < -0.3 is 14.7 Å². The molecule has 2 fully saturated rings. The molecule has 0 saturated carbocycles. The first-order chi connectivity index (χ1) is 12.4. The Balaban J connectivity index is 1.56. The fourth-order valence-electron chi connectivity index (χ4n) is 3.59. The highest BCUT2D eigenvalue weighted by molar-refractivity contribution is 5.94. The van der Waals surface area contributed by atoms with Gasteiger partial charge in [0.1, 0.15) is 5.82 Å². The van der Waals surface area contributed by atoms with Crippen molar-refractivity contribution in [2.45, 2.75) is 26.3 Å². The molecule has 1 aromatic rings. The predicted molar refractivity (Wildman–Crippen MR) is 93.8 cm³/mol. The lowest BCUT2D eigenvalue weighted by Gasteiger charge is -2.36. The van der Waals surface area contributed by atoms with E-state index in [0.29, 0.717) is 38.3 Å². The lowest BCUT2D eigenvalue weighted by molar-refractivity contribution is -0.137. The molecule has 0 bridgehead atoms. The molecule has 0 radical (unpaired) electrons. The zero-order valence-corrected chi connectivity index (χ0v) is 15.2. The summed E-state index contributed by atoms with van der Waals surface area (Å²) in [6.07, 6.45) is 0.263. The van der Waals surface area contributed by atoms with Crippen LogP contribution in [0.5, 0.6) is 0 Å². The number of rotatable bonds is 3. The number of likely N-dealkylation sites (tertiary alicyclic amines) is 1. The molecule has 1 atom stereocenters. The second-order valence-corrected chi connectivity index (χ2v) is 7.17. The molecule has 26 heavy (non-hydrogen) atoms. The predicted octanol–water partition coefficient (Wildman–Crippen LogP) is 1.37. The lowest BCUT2D eigenvalue weighted by Crippen LogP contribution is -2.52. The van der Waals surface area contributed by atoms with Crippen molar-refractivity contribution < 1.29 is 18.8 Å². The molecule has 3 rings (SSSR count). The summed E-state index contributed by atoms with van der Waals surface area (Å²) >= 11 is 0.